The van der Waals surface area contributed by atoms with Gasteiger partial charge in [-0.05, 0) is 30.7 Å². The Balaban J connectivity index is 1.50. The van der Waals surface area contributed by atoms with Crippen molar-refractivity contribution < 1.29 is 22.7 Å². The molecule has 0 unspecified atom stereocenters. The molecule has 0 atom stereocenters. The smallest absolute Gasteiger partial charge is 0.241 e. The highest BCUT2D eigenvalue weighted by atomic mass is 32.2. The number of fused-ring (bicyclic) bond motifs is 1. The van der Waals surface area contributed by atoms with E-state index < -0.39 is 15.9 Å². The number of sulfonamides is 1. The first-order valence-electron chi connectivity index (χ1n) is 9.71. The van der Waals surface area contributed by atoms with Gasteiger partial charge >= 0.3 is 0 Å². The summed E-state index contributed by atoms with van der Waals surface area (Å²) in [7, 11) is -3.69. The number of aromatic nitrogens is 2. The zero-order valence-electron chi connectivity index (χ0n) is 16.9. The third-order valence-electron chi connectivity index (χ3n) is 4.88. The van der Waals surface area contributed by atoms with Crippen LogP contribution in [-0.2, 0) is 21.4 Å². The topological polar surface area (TPSA) is 103 Å². The summed E-state index contributed by atoms with van der Waals surface area (Å²) in [5.41, 5.74) is 2.11. The van der Waals surface area contributed by atoms with Gasteiger partial charge in [0.2, 0.25) is 22.7 Å². The van der Waals surface area contributed by atoms with Crippen LogP contribution in [0.4, 0.5) is 5.69 Å². The lowest BCUT2D eigenvalue weighted by Crippen LogP contribution is -2.41. The van der Waals surface area contributed by atoms with E-state index in [1.54, 1.807) is 30.7 Å². The number of nitrogens with one attached hydrogen (secondary N) is 1. The van der Waals surface area contributed by atoms with E-state index in [1.165, 1.54) is 6.92 Å². The predicted molar refractivity (Wildman–Crippen MR) is 115 cm³/mol. The number of nitrogens with zero attached hydrogens (tertiary/aromatic N) is 3. The highest BCUT2D eigenvalue weighted by Gasteiger charge is 2.25. The molecule has 0 bridgehead atoms. The van der Waals surface area contributed by atoms with Crippen molar-refractivity contribution in [2.75, 3.05) is 23.4 Å². The van der Waals surface area contributed by atoms with Crippen molar-refractivity contribution in [3.05, 3.63) is 66.7 Å². The van der Waals surface area contributed by atoms with Gasteiger partial charge in [-0.1, -0.05) is 18.2 Å². The molecule has 9 nitrogen and oxygen atoms in total. The van der Waals surface area contributed by atoms with Crippen molar-refractivity contribution in [1.82, 2.24) is 14.9 Å². The molecule has 1 N–H and O–H groups in total. The number of benzene rings is 2. The largest absolute Gasteiger partial charge is 0.454 e. The molecule has 162 valence electrons. The van der Waals surface area contributed by atoms with Crippen molar-refractivity contribution in [2.45, 2.75) is 13.5 Å². The average Bonchev–Trinajstić information content (AvgIpc) is 3.47. The molecular formula is C21H22N4O5S. The van der Waals surface area contributed by atoms with Crippen LogP contribution in [0.2, 0.25) is 0 Å². The maximum atomic E-state index is 12.7. The van der Waals surface area contributed by atoms with Crippen LogP contribution in [0.5, 0.6) is 11.5 Å². The average molecular weight is 442 g/mol. The van der Waals surface area contributed by atoms with Gasteiger partial charge in [-0.15, -0.1) is 0 Å². The number of carbonyl (C=O) groups is 1. The molecule has 0 fully saturated rings. The van der Waals surface area contributed by atoms with Crippen LogP contribution in [0.15, 0.2) is 61.2 Å². The van der Waals surface area contributed by atoms with Crippen LogP contribution in [0, 0.1) is 0 Å². The summed E-state index contributed by atoms with van der Waals surface area (Å²) in [5, 5.41) is 2.82. The van der Waals surface area contributed by atoms with E-state index in [9.17, 15) is 13.2 Å². The Labute approximate surface area is 180 Å². The van der Waals surface area contributed by atoms with Gasteiger partial charge in [0.25, 0.3) is 0 Å². The van der Waals surface area contributed by atoms with Gasteiger partial charge in [-0.25, -0.2) is 13.4 Å². The SMILES string of the molecule is CCS(=O)(=O)N(CC(=O)NCc1ccccc1-n1ccnc1)c1ccc2c(c1)OCO2. The van der Waals surface area contributed by atoms with Crippen molar-refractivity contribution in [2.24, 2.45) is 0 Å². The Kier molecular flexibility index (Phi) is 5.81. The lowest BCUT2D eigenvalue weighted by atomic mass is 10.1. The van der Waals surface area contributed by atoms with Crippen LogP contribution < -0.4 is 19.1 Å². The van der Waals surface area contributed by atoms with Crippen LogP contribution in [0.3, 0.4) is 0 Å². The Morgan fingerprint density at radius 2 is 2.00 bits per heavy atom. The number of imidazole rings is 1. The highest BCUT2D eigenvalue weighted by Crippen LogP contribution is 2.36. The summed E-state index contributed by atoms with van der Waals surface area (Å²) in [5.74, 6) is 0.426. The minimum absolute atomic E-state index is 0.0795. The zero-order valence-corrected chi connectivity index (χ0v) is 17.7. The summed E-state index contributed by atoms with van der Waals surface area (Å²) in [6, 6.07) is 12.4. The van der Waals surface area contributed by atoms with E-state index in [0.717, 1.165) is 15.6 Å². The number of ether oxygens (including phenoxy) is 2. The second-order valence-corrected chi connectivity index (χ2v) is 9.00. The number of amides is 1. The predicted octanol–water partition coefficient (Wildman–Crippen LogP) is 2.07. The van der Waals surface area contributed by atoms with Gasteiger partial charge in [0, 0.05) is 25.0 Å². The fraction of sp³-hybridized carbons (Fsp3) is 0.238. The van der Waals surface area contributed by atoms with E-state index in [1.807, 2.05) is 35.0 Å². The molecule has 0 spiro atoms. The van der Waals surface area contributed by atoms with Crippen LogP contribution >= 0.6 is 0 Å². The second-order valence-electron chi connectivity index (χ2n) is 6.82. The minimum Gasteiger partial charge on any atom is -0.454 e. The summed E-state index contributed by atoms with van der Waals surface area (Å²) < 4.78 is 38.9. The number of rotatable bonds is 8. The van der Waals surface area contributed by atoms with E-state index in [0.29, 0.717) is 17.2 Å². The molecule has 1 amide bonds. The van der Waals surface area contributed by atoms with Crippen molar-refractivity contribution in [1.29, 1.82) is 0 Å². The maximum Gasteiger partial charge on any atom is 0.241 e. The molecule has 1 aliphatic heterocycles. The molecule has 0 saturated heterocycles. The number of hydrogen-bond acceptors (Lipinski definition) is 6. The number of hydrogen-bond donors (Lipinski definition) is 1. The van der Waals surface area contributed by atoms with Crippen molar-refractivity contribution in [3.63, 3.8) is 0 Å². The minimum atomic E-state index is -3.69. The van der Waals surface area contributed by atoms with Crippen LogP contribution in [0.1, 0.15) is 12.5 Å². The number of anilines is 1. The summed E-state index contributed by atoms with van der Waals surface area (Å²) in [6.07, 6.45) is 5.17. The summed E-state index contributed by atoms with van der Waals surface area (Å²) in [4.78, 5) is 16.8. The first-order valence-corrected chi connectivity index (χ1v) is 11.3. The molecule has 2 aromatic carbocycles. The Hall–Kier alpha value is -3.53. The Bertz CT molecular complexity index is 1180. The van der Waals surface area contributed by atoms with E-state index in [-0.39, 0.29) is 25.6 Å². The van der Waals surface area contributed by atoms with Crippen LogP contribution in [-0.4, -0.2) is 43.0 Å². The van der Waals surface area contributed by atoms with E-state index in [4.69, 9.17) is 9.47 Å². The number of para-hydroxylation sites is 1. The van der Waals surface area contributed by atoms with Gasteiger partial charge in [0.1, 0.15) is 6.54 Å². The lowest BCUT2D eigenvalue weighted by molar-refractivity contribution is -0.119. The third kappa shape index (κ3) is 4.48. The molecule has 0 saturated carbocycles. The fourth-order valence-corrected chi connectivity index (χ4v) is 4.30. The van der Waals surface area contributed by atoms with E-state index >= 15 is 0 Å². The third-order valence-corrected chi connectivity index (χ3v) is 6.62. The Morgan fingerprint density at radius 1 is 1.19 bits per heavy atom. The van der Waals surface area contributed by atoms with Gasteiger partial charge in [-0.2, -0.15) is 0 Å². The second kappa shape index (κ2) is 8.68. The first-order chi connectivity index (χ1) is 15.0. The highest BCUT2D eigenvalue weighted by molar-refractivity contribution is 7.92. The molecule has 1 aromatic heterocycles. The molecule has 4 rings (SSSR count). The van der Waals surface area contributed by atoms with Crippen LogP contribution in [0.25, 0.3) is 5.69 Å². The van der Waals surface area contributed by atoms with Crippen molar-refractivity contribution >= 4 is 21.6 Å². The Morgan fingerprint density at radius 3 is 2.77 bits per heavy atom. The van der Waals surface area contributed by atoms with Gasteiger partial charge in [0.05, 0.1) is 23.5 Å². The van der Waals surface area contributed by atoms with Gasteiger partial charge in [0.15, 0.2) is 11.5 Å². The zero-order chi connectivity index (χ0) is 21.8. The normalized spacial score (nSPS) is 12.5. The molecule has 31 heavy (non-hydrogen) atoms. The molecule has 1 aliphatic rings. The molecule has 10 heteroatoms. The molecule has 3 aromatic rings. The maximum absolute atomic E-state index is 12.7. The first kappa shape index (κ1) is 20.7. The number of carbonyl (C=O) groups excluding carboxylic acids is 1. The summed E-state index contributed by atoms with van der Waals surface area (Å²) >= 11 is 0. The quantitative estimate of drug-likeness (QED) is 0.573. The molecule has 0 aliphatic carbocycles. The van der Waals surface area contributed by atoms with Crippen molar-refractivity contribution in [3.8, 4) is 17.2 Å². The fourth-order valence-electron chi connectivity index (χ4n) is 3.24. The molecular weight excluding hydrogens is 420 g/mol. The monoisotopic (exact) mass is 442 g/mol. The standard InChI is InChI=1S/C21H22N4O5S/c1-2-31(27,28)25(17-7-8-19-20(11-17)30-15-29-19)13-21(26)23-12-16-5-3-4-6-18(16)24-10-9-22-14-24/h3-11,14H,2,12-13,15H2,1H3,(H,23,26). The summed E-state index contributed by atoms with van der Waals surface area (Å²) in [6.45, 7) is 1.52. The molecule has 2 heterocycles. The van der Waals surface area contributed by atoms with Gasteiger partial charge in [-0.3, -0.25) is 9.10 Å². The lowest BCUT2D eigenvalue weighted by Gasteiger charge is -2.23. The van der Waals surface area contributed by atoms with E-state index in [2.05, 4.69) is 10.3 Å². The van der Waals surface area contributed by atoms with Gasteiger partial charge < -0.3 is 19.4 Å². The molecule has 0 radical (unpaired) electrons.